The maximum atomic E-state index is 5.29. The maximum absolute atomic E-state index is 5.29. The summed E-state index contributed by atoms with van der Waals surface area (Å²) in [6.45, 7) is 4.77. The van der Waals surface area contributed by atoms with Crippen LogP contribution in [0.5, 0.6) is 0 Å². The van der Waals surface area contributed by atoms with Gasteiger partial charge in [-0.2, -0.15) is 0 Å². The summed E-state index contributed by atoms with van der Waals surface area (Å²) in [6, 6.07) is 0. The topological polar surface area (TPSA) is 24.8 Å². The lowest BCUT2D eigenvalue weighted by Gasteiger charge is -2.31. The summed E-state index contributed by atoms with van der Waals surface area (Å²) in [5.74, 6) is 0. The number of rotatable bonds is 1. The first-order chi connectivity index (χ1) is 5.97. The minimum atomic E-state index is 0.870. The number of allylic oxidation sites excluding steroid dienone is 1. The first-order valence-corrected chi connectivity index (χ1v) is 4.48. The van der Waals surface area contributed by atoms with Gasteiger partial charge < -0.3 is 9.64 Å². The number of dihydropyridines is 1. The number of morpholine rings is 1. The van der Waals surface area contributed by atoms with Crippen LogP contribution in [0.4, 0.5) is 0 Å². The molecule has 2 aliphatic rings. The van der Waals surface area contributed by atoms with Crippen molar-refractivity contribution in [3.05, 3.63) is 11.8 Å². The van der Waals surface area contributed by atoms with Gasteiger partial charge in [0.25, 0.3) is 0 Å². The number of nitrogens with zero attached hydrogens (tertiary/aromatic N) is 2. The van der Waals surface area contributed by atoms with Gasteiger partial charge in [0.15, 0.2) is 0 Å². The van der Waals surface area contributed by atoms with Crippen molar-refractivity contribution >= 4 is 6.21 Å². The largest absolute Gasteiger partial charge is 0.378 e. The van der Waals surface area contributed by atoms with Crippen molar-refractivity contribution < 1.29 is 4.74 Å². The smallest absolute Gasteiger partial charge is 0.0642 e. The SMILES string of the molecule is C1=NCCC(N2CCOCC2)=C1. The van der Waals surface area contributed by atoms with Gasteiger partial charge in [-0.1, -0.05) is 0 Å². The van der Waals surface area contributed by atoms with Crippen molar-refractivity contribution in [2.24, 2.45) is 4.99 Å². The summed E-state index contributed by atoms with van der Waals surface area (Å²) in [7, 11) is 0. The van der Waals surface area contributed by atoms with E-state index in [0.717, 1.165) is 39.3 Å². The summed E-state index contributed by atoms with van der Waals surface area (Å²) in [6.07, 6.45) is 5.12. The molecule has 0 aromatic carbocycles. The Morgan fingerprint density at radius 2 is 2.17 bits per heavy atom. The number of aliphatic imine (C=N–C) groups is 1. The molecule has 0 aliphatic carbocycles. The summed E-state index contributed by atoms with van der Waals surface area (Å²) < 4.78 is 5.29. The van der Waals surface area contributed by atoms with Crippen molar-refractivity contribution in [1.29, 1.82) is 0 Å². The van der Waals surface area contributed by atoms with Crippen molar-refractivity contribution in [3.8, 4) is 0 Å². The average Bonchev–Trinajstić information content (AvgIpc) is 2.21. The second-order valence-electron chi connectivity index (χ2n) is 3.06. The fraction of sp³-hybridized carbons (Fsp3) is 0.667. The summed E-state index contributed by atoms with van der Waals surface area (Å²) >= 11 is 0. The fourth-order valence-electron chi connectivity index (χ4n) is 1.59. The van der Waals surface area contributed by atoms with E-state index in [2.05, 4.69) is 16.0 Å². The monoisotopic (exact) mass is 166 g/mol. The van der Waals surface area contributed by atoms with Gasteiger partial charge >= 0.3 is 0 Å². The second-order valence-corrected chi connectivity index (χ2v) is 3.06. The van der Waals surface area contributed by atoms with E-state index in [0.29, 0.717) is 0 Å². The third kappa shape index (κ3) is 1.67. The molecule has 2 aliphatic heterocycles. The van der Waals surface area contributed by atoms with Gasteiger partial charge in [0.05, 0.1) is 13.2 Å². The number of hydrogen-bond acceptors (Lipinski definition) is 3. The first-order valence-electron chi connectivity index (χ1n) is 4.48. The predicted molar refractivity (Wildman–Crippen MR) is 48.5 cm³/mol. The van der Waals surface area contributed by atoms with Gasteiger partial charge in [0, 0.05) is 38.0 Å². The molecular weight excluding hydrogens is 152 g/mol. The zero-order valence-corrected chi connectivity index (χ0v) is 7.20. The Bertz CT molecular complexity index is 205. The lowest BCUT2D eigenvalue weighted by Crippen LogP contribution is -2.36. The molecule has 1 saturated heterocycles. The van der Waals surface area contributed by atoms with Crippen LogP contribution in [-0.4, -0.2) is 44.0 Å². The zero-order chi connectivity index (χ0) is 8.23. The van der Waals surface area contributed by atoms with Crippen LogP contribution in [0.15, 0.2) is 16.8 Å². The number of hydrogen-bond donors (Lipinski definition) is 0. The normalized spacial score (nSPS) is 24.0. The molecule has 3 heteroatoms. The van der Waals surface area contributed by atoms with Crippen LogP contribution in [0.2, 0.25) is 0 Å². The molecule has 0 N–H and O–H groups in total. The Balaban J connectivity index is 1.97. The van der Waals surface area contributed by atoms with Gasteiger partial charge in [-0.25, -0.2) is 0 Å². The summed E-state index contributed by atoms with van der Waals surface area (Å²) in [5, 5.41) is 0. The summed E-state index contributed by atoms with van der Waals surface area (Å²) in [4.78, 5) is 6.56. The molecule has 2 rings (SSSR count). The molecule has 0 spiro atoms. The maximum Gasteiger partial charge on any atom is 0.0642 e. The Labute approximate surface area is 72.7 Å². The quantitative estimate of drug-likeness (QED) is 0.572. The molecule has 2 heterocycles. The van der Waals surface area contributed by atoms with E-state index in [1.807, 2.05) is 6.21 Å². The molecule has 0 amide bonds. The van der Waals surface area contributed by atoms with Crippen molar-refractivity contribution in [1.82, 2.24) is 4.90 Å². The van der Waals surface area contributed by atoms with Crippen LogP contribution < -0.4 is 0 Å². The highest BCUT2D eigenvalue weighted by Crippen LogP contribution is 2.12. The number of ether oxygens (including phenoxy) is 1. The molecule has 0 saturated carbocycles. The Kier molecular flexibility index (Phi) is 2.42. The third-order valence-electron chi connectivity index (χ3n) is 2.29. The van der Waals surface area contributed by atoms with Crippen LogP contribution in [0.3, 0.4) is 0 Å². The molecule has 0 unspecified atom stereocenters. The van der Waals surface area contributed by atoms with Crippen LogP contribution in [-0.2, 0) is 4.74 Å². The molecule has 0 bridgehead atoms. The lowest BCUT2D eigenvalue weighted by atomic mass is 10.2. The molecule has 0 aromatic rings. The van der Waals surface area contributed by atoms with Gasteiger partial charge in [-0.3, -0.25) is 4.99 Å². The van der Waals surface area contributed by atoms with Crippen molar-refractivity contribution in [3.63, 3.8) is 0 Å². The molecule has 0 radical (unpaired) electrons. The van der Waals surface area contributed by atoms with Gasteiger partial charge in [0.1, 0.15) is 0 Å². The Morgan fingerprint density at radius 3 is 2.83 bits per heavy atom. The van der Waals surface area contributed by atoms with Crippen LogP contribution in [0, 0.1) is 0 Å². The molecule has 1 fully saturated rings. The highest BCUT2D eigenvalue weighted by molar-refractivity contribution is 5.73. The molecule has 66 valence electrons. The first kappa shape index (κ1) is 7.80. The Morgan fingerprint density at radius 1 is 1.33 bits per heavy atom. The fourth-order valence-corrected chi connectivity index (χ4v) is 1.59. The molecule has 0 atom stereocenters. The third-order valence-corrected chi connectivity index (χ3v) is 2.29. The van der Waals surface area contributed by atoms with Gasteiger partial charge in [-0.05, 0) is 6.08 Å². The van der Waals surface area contributed by atoms with Crippen molar-refractivity contribution in [2.75, 3.05) is 32.8 Å². The van der Waals surface area contributed by atoms with Gasteiger partial charge in [-0.15, -0.1) is 0 Å². The van der Waals surface area contributed by atoms with E-state index in [9.17, 15) is 0 Å². The zero-order valence-electron chi connectivity index (χ0n) is 7.20. The van der Waals surface area contributed by atoms with Crippen LogP contribution in [0.1, 0.15) is 6.42 Å². The lowest BCUT2D eigenvalue weighted by molar-refractivity contribution is 0.0522. The summed E-state index contributed by atoms with van der Waals surface area (Å²) in [5.41, 5.74) is 1.42. The van der Waals surface area contributed by atoms with Gasteiger partial charge in [0.2, 0.25) is 0 Å². The van der Waals surface area contributed by atoms with Crippen LogP contribution in [0.25, 0.3) is 0 Å². The minimum Gasteiger partial charge on any atom is -0.378 e. The average molecular weight is 166 g/mol. The van der Waals surface area contributed by atoms with E-state index < -0.39 is 0 Å². The molecule has 12 heavy (non-hydrogen) atoms. The molecule has 0 aromatic heterocycles. The van der Waals surface area contributed by atoms with E-state index in [1.165, 1.54) is 5.70 Å². The minimum absolute atomic E-state index is 0.870. The van der Waals surface area contributed by atoms with E-state index in [1.54, 1.807) is 0 Å². The Hall–Kier alpha value is -0.830. The molecule has 3 nitrogen and oxygen atoms in total. The van der Waals surface area contributed by atoms with E-state index in [4.69, 9.17) is 4.74 Å². The second kappa shape index (κ2) is 3.72. The van der Waals surface area contributed by atoms with E-state index >= 15 is 0 Å². The highest BCUT2D eigenvalue weighted by Gasteiger charge is 2.13. The predicted octanol–water partition coefficient (Wildman–Crippen LogP) is 0.677. The van der Waals surface area contributed by atoms with Crippen LogP contribution >= 0.6 is 0 Å². The van der Waals surface area contributed by atoms with E-state index in [-0.39, 0.29) is 0 Å². The standard InChI is InChI=1S/C9H14N2O/c1-3-10-4-2-9(1)11-5-7-12-8-6-11/h1,3H,2,4-8H2. The van der Waals surface area contributed by atoms with Crippen molar-refractivity contribution in [2.45, 2.75) is 6.42 Å². The highest BCUT2D eigenvalue weighted by atomic mass is 16.5. The molecular formula is C9H14N2O.